The van der Waals surface area contributed by atoms with Crippen molar-refractivity contribution in [2.45, 2.75) is 32.7 Å². The maximum absolute atomic E-state index is 11.7. The highest BCUT2D eigenvalue weighted by Crippen LogP contribution is 2.25. The summed E-state index contributed by atoms with van der Waals surface area (Å²) >= 11 is 0. The normalized spacial score (nSPS) is 18.6. The van der Waals surface area contributed by atoms with Crippen molar-refractivity contribution in [2.24, 2.45) is 0 Å². The third-order valence-electron chi connectivity index (χ3n) is 2.73. The molecule has 0 spiro atoms. The average Bonchev–Trinajstić information content (AvgIpc) is 2.05. The first-order valence-electron chi connectivity index (χ1n) is 4.91. The van der Waals surface area contributed by atoms with Gasteiger partial charge in [0.15, 0.2) is 0 Å². The number of nitrogens with one attached hydrogen (secondary N) is 1. The van der Waals surface area contributed by atoms with Crippen LogP contribution in [0.2, 0.25) is 0 Å². The molecular formula is C12H15NO. The number of hydrogen-bond acceptors (Lipinski definition) is 1. The summed E-state index contributed by atoms with van der Waals surface area (Å²) in [4.78, 5) is 11.7. The van der Waals surface area contributed by atoms with Crippen LogP contribution in [0, 0.1) is 6.92 Å². The van der Waals surface area contributed by atoms with Gasteiger partial charge in [0.05, 0.1) is 0 Å². The zero-order valence-corrected chi connectivity index (χ0v) is 8.85. The van der Waals surface area contributed by atoms with Gasteiger partial charge in [-0.1, -0.05) is 12.1 Å². The molecule has 1 aromatic rings. The van der Waals surface area contributed by atoms with Gasteiger partial charge in [0.1, 0.15) is 0 Å². The van der Waals surface area contributed by atoms with E-state index in [-0.39, 0.29) is 11.4 Å². The molecule has 0 saturated heterocycles. The van der Waals surface area contributed by atoms with Gasteiger partial charge in [-0.25, -0.2) is 0 Å². The van der Waals surface area contributed by atoms with Crippen LogP contribution in [-0.4, -0.2) is 11.4 Å². The highest BCUT2D eigenvalue weighted by Gasteiger charge is 2.30. The van der Waals surface area contributed by atoms with Gasteiger partial charge >= 0.3 is 0 Å². The van der Waals surface area contributed by atoms with Crippen molar-refractivity contribution in [1.82, 2.24) is 5.32 Å². The van der Waals surface area contributed by atoms with E-state index in [4.69, 9.17) is 0 Å². The Morgan fingerprint density at radius 1 is 1.36 bits per heavy atom. The summed E-state index contributed by atoms with van der Waals surface area (Å²) in [6.07, 6.45) is 0.917. The monoisotopic (exact) mass is 189 g/mol. The fraction of sp³-hybridized carbons (Fsp3) is 0.417. The van der Waals surface area contributed by atoms with Crippen LogP contribution in [0.15, 0.2) is 18.2 Å². The number of aryl methyl sites for hydroxylation is 1. The number of carbonyl (C=O) groups excluding carboxylic acids is 1. The summed E-state index contributed by atoms with van der Waals surface area (Å²) in [5.41, 5.74) is 3.13. The number of hydrogen-bond donors (Lipinski definition) is 1. The largest absolute Gasteiger partial charge is 0.347 e. The van der Waals surface area contributed by atoms with Crippen LogP contribution in [0.4, 0.5) is 0 Å². The zero-order valence-electron chi connectivity index (χ0n) is 8.85. The van der Waals surface area contributed by atoms with Crippen molar-refractivity contribution in [1.29, 1.82) is 0 Å². The smallest absolute Gasteiger partial charge is 0.251 e. The van der Waals surface area contributed by atoms with E-state index in [0.717, 1.165) is 12.0 Å². The Morgan fingerprint density at radius 3 is 2.79 bits per heavy atom. The molecular weight excluding hydrogens is 174 g/mol. The summed E-state index contributed by atoms with van der Waals surface area (Å²) < 4.78 is 0. The van der Waals surface area contributed by atoms with E-state index >= 15 is 0 Å². The van der Waals surface area contributed by atoms with Crippen molar-refractivity contribution in [3.05, 3.63) is 34.9 Å². The van der Waals surface area contributed by atoms with Gasteiger partial charge in [-0.05, 0) is 44.4 Å². The molecule has 0 aromatic heterocycles. The summed E-state index contributed by atoms with van der Waals surface area (Å²) in [5, 5.41) is 3.00. The summed E-state index contributed by atoms with van der Waals surface area (Å²) in [7, 11) is 0. The molecule has 0 bridgehead atoms. The van der Waals surface area contributed by atoms with E-state index < -0.39 is 0 Å². The minimum absolute atomic E-state index is 0.0555. The molecule has 0 aliphatic carbocycles. The molecule has 2 nitrogen and oxygen atoms in total. The second-order valence-electron chi connectivity index (χ2n) is 4.62. The Morgan fingerprint density at radius 2 is 2.07 bits per heavy atom. The first-order valence-corrected chi connectivity index (χ1v) is 4.91. The third-order valence-corrected chi connectivity index (χ3v) is 2.73. The minimum Gasteiger partial charge on any atom is -0.347 e. The van der Waals surface area contributed by atoms with Crippen molar-refractivity contribution in [3.8, 4) is 0 Å². The zero-order chi connectivity index (χ0) is 10.3. The van der Waals surface area contributed by atoms with Crippen LogP contribution in [0.25, 0.3) is 0 Å². The standard InChI is InChI=1S/C12H15NO/c1-8-5-4-6-9-10(8)7-12(2,3)13-11(9)14/h4-6H,7H2,1-3H3,(H,13,14). The lowest BCUT2D eigenvalue weighted by atomic mass is 9.85. The predicted molar refractivity (Wildman–Crippen MR) is 56.4 cm³/mol. The van der Waals surface area contributed by atoms with Gasteiger partial charge in [0.2, 0.25) is 0 Å². The molecule has 2 rings (SSSR count). The Bertz CT molecular complexity index is 393. The van der Waals surface area contributed by atoms with Crippen LogP contribution >= 0.6 is 0 Å². The fourth-order valence-electron chi connectivity index (χ4n) is 2.01. The molecule has 14 heavy (non-hydrogen) atoms. The van der Waals surface area contributed by atoms with Crippen LogP contribution < -0.4 is 5.32 Å². The molecule has 0 atom stereocenters. The van der Waals surface area contributed by atoms with E-state index in [1.54, 1.807) is 0 Å². The van der Waals surface area contributed by atoms with Crippen molar-refractivity contribution in [3.63, 3.8) is 0 Å². The lowest BCUT2D eigenvalue weighted by Gasteiger charge is -2.33. The first-order chi connectivity index (χ1) is 6.49. The fourth-order valence-corrected chi connectivity index (χ4v) is 2.01. The molecule has 0 unspecified atom stereocenters. The molecule has 1 aliphatic rings. The Hall–Kier alpha value is -1.31. The van der Waals surface area contributed by atoms with Gasteiger partial charge < -0.3 is 5.32 Å². The van der Waals surface area contributed by atoms with Gasteiger partial charge in [-0.2, -0.15) is 0 Å². The molecule has 74 valence electrons. The first kappa shape index (κ1) is 9.25. The molecule has 2 heteroatoms. The van der Waals surface area contributed by atoms with Gasteiger partial charge in [-0.15, -0.1) is 0 Å². The summed E-state index contributed by atoms with van der Waals surface area (Å²) in [5.74, 6) is 0.0555. The maximum atomic E-state index is 11.7. The van der Waals surface area contributed by atoms with Gasteiger partial charge in [0.25, 0.3) is 5.91 Å². The summed E-state index contributed by atoms with van der Waals surface area (Å²) in [6.45, 7) is 6.17. The Balaban J connectivity index is 2.56. The minimum atomic E-state index is -0.115. The number of rotatable bonds is 0. The highest BCUT2D eigenvalue weighted by atomic mass is 16.1. The maximum Gasteiger partial charge on any atom is 0.251 e. The van der Waals surface area contributed by atoms with E-state index in [1.807, 2.05) is 12.1 Å². The van der Waals surface area contributed by atoms with E-state index in [9.17, 15) is 4.79 Å². The Labute approximate surface area is 84.3 Å². The SMILES string of the molecule is Cc1cccc2c1CC(C)(C)NC2=O. The van der Waals surface area contributed by atoms with E-state index in [1.165, 1.54) is 11.1 Å². The number of benzene rings is 1. The van der Waals surface area contributed by atoms with Crippen molar-refractivity contribution < 1.29 is 4.79 Å². The van der Waals surface area contributed by atoms with Crippen LogP contribution in [-0.2, 0) is 6.42 Å². The molecule has 0 saturated carbocycles. The molecule has 1 N–H and O–H groups in total. The predicted octanol–water partition coefficient (Wildman–Crippen LogP) is 2.06. The number of fused-ring (bicyclic) bond motifs is 1. The molecule has 1 heterocycles. The molecule has 1 aliphatic heterocycles. The second kappa shape index (κ2) is 2.84. The van der Waals surface area contributed by atoms with E-state index in [2.05, 4.69) is 32.2 Å². The van der Waals surface area contributed by atoms with Crippen LogP contribution in [0.5, 0.6) is 0 Å². The summed E-state index contributed by atoms with van der Waals surface area (Å²) in [6, 6.07) is 5.90. The number of amides is 1. The van der Waals surface area contributed by atoms with Crippen LogP contribution in [0.1, 0.15) is 35.3 Å². The van der Waals surface area contributed by atoms with Crippen molar-refractivity contribution in [2.75, 3.05) is 0 Å². The highest BCUT2D eigenvalue weighted by molar-refractivity contribution is 5.97. The van der Waals surface area contributed by atoms with Gasteiger partial charge in [0, 0.05) is 11.1 Å². The Kier molecular flexibility index (Phi) is 1.88. The third kappa shape index (κ3) is 1.41. The molecule has 0 fully saturated rings. The topological polar surface area (TPSA) is 29.1 Å². The quantitative estimate of drug-likeness (QED) is 0.665. The second-order valence-corrected chi connectivity index (χ2v) is 4.62. The van der Waals surface area contributed by atoms with E-state index in [0.29, 0.717) is 0 Å². The molecule has 1 amide bonds. The van der Waals surface area contributed by atoms with Gasteiger partial charge in [-0.3, -0.25) is 4.79 Å². The average molecular weight is 189 g/mol. The van der Waals surface area contributed by atoms with Crippen LogP contribution in [0.3, 0.4) is 0 Å². The molecule has 1 aromatic carbocycles. The lowest BCUT2D eigenvalue weighted by Crippen LogP contribution is -2.49. The lowest BCUT2D eigenvalue weighted by molar-refractivity contribution is 0.0896. The van der Waals surface area contributed by atoms with Crippen molar-refractivity contribution >= 4 is 5.91 Å². The molecule has 0 radical (unpaired) electrons. The number of carbonyl (C=O) groups is 1.